The number of aromatic nitrogens is 2. The van der Waals surface area contributed by atoms with E-state index in [1.807, 2.05) is 54.6 Å². The minimum absolute atomic E-state index is 0.580. The summed E-state index contributed by atoms with van der Waals surface area (Å²) < 4.78 is 5.16. The molecule has 0 aliphatic carbocycles. The van der Waals surface area contributed by atoms with Crippen molar-refractivity contribution in [1.29, 1.82) is 0 Å². The van der Waals surface area contributed by atoms with Gasteiger partial charge in [-0.05, 0) is 41.5 Å². The van der Waals surface area contributed by atoms with Gasteiger partial charge in [-0.1, -0.05) is 35.9 Å². The molecule has 25 heavy (non-hydrogen) atoms. The Bertz CT molecular complexity index is 806. The van der Waals surface area contributed by atoms with Crippen LogP contribution in [0.5, 0.6) is 5.75 Å². The van der Waals surface area contributed by atoms with Crippen LogP contribution in [0.15, 0.2) is 60.8 Å². The predicted octanol–water partition coefficient (Wildman–Crippen LogP) is 4.36. The van der Waals surface area contributed by atoms with Gasteiger partial charge in [0.05, 0.1) is 7.11 Å². The van der Waals surface area contributed by atoms with Crippen LogP contribution in [0.2, 0.25) is 5.02 Å². The lowest BCUT2D eigenvalue weighted by atomic mass is 10.2. The second-order valence-electron chi connectivity index (χ2n) is 5.45. The van der Waals surface area contributed by atoms with Crippen molar-refractivity contribution in [2.45, 2.75) is 13.1 Å². The molecule has 0 aliphatic rings. The van der Waals surface area contributed by atoms with Crippen LogP contribution in [0.3, 0.4) is 0 Å². The summed E-state index contributed by atoms with van der Waals surface area (Å²) in [5, 5.41) is 7.24. The number of nitrogens with zero attached hydrogens (tertiary/aromatic N) is 2. The van der Waals surface area contributed by atoms with Crippen LogP contribution in [0, 0.1) is 0 Å². The molecule has 5 nitrogen and oxygen atoms in total. The smallest absolute Gasteiger partial charge is 0.224 e. The van der Waals surface area contributed by atoms with E-state index in [9.17, 15) is 0 Å². The van der Waals surface area contributed by atoms with Gasteiger partial charge in [-0.2, -0.15) is 4.98 Å². The lowest BCUT2D eigenvalue weighted by Crippen LogP contribution is -2.06. The molecule has 1 heterocycles. The Hall–Kier alpha value is -2.79. The van der Waals surface area contributed by atoms with Crippen molar-refractivity contribution in [3.63, 3.8) is 0 Å². The Morgan fingerprint density at radius 2 is 1.52 bits per heavy atom. The molecule has 3 aromatic rings. The van der Waals surface area contributed by atoms with Crippen molar-refractivity contribution in [1.82, 2.24) is 9.97 Å². The van der Waals surface area contributed by atoms with Crippen LogP contribution in [0.1, 0.15) is 11.1 Å². The molecule has 0 saturated heterocycles. The van der Waals surface area contributed by atoms with Crippen molar-refractivity contribution in [2.75, 3.05) is 17.7 Å². The lowest BCUT2D eigenvalue weighted by Gasteiger charge is -2.09. The minimum Gasteiger partial charge on any atom is -0.497 e. The first-order chi connectivity index (χ1) is 12.2. The van der Waals surface area contributed by atoms with E-state index in [0.29, 0.717) is 19.0 Å². The standard InChI is InChI=1S/C19H19ClN4O/c1-25-17-8-4-15(5-9-17)13-23-19-21-11-10-18(24-19)22-12-14-2-6-16(20)7-3-14/h2-11H,12-13H2,1H3,(H2,21,22,23,24). The topological polar surface area (TPSA) is 59.1 Å². The average molecular weight is 355 g/mol. The molecule has 0 radical (unpaired) electrons. The molecule has 6 heteroatoms. The summed E-state index contributed by atoms with van der Waals surface area (Å²) in [5.41, 5.74) is 2.26. The SMILES string of the molecule is COc1ccc(CNc2nccc(NCc3ccc(Cl)cc3)n2)cc1. The number of halogens is 1. The summed E-state index contributed by atoms with van der Waals surface area (Å²) >= 11 is 5.90. The number of anilines is 2. The molecule has 2 aromatic carbocycles. The quantitative estimate of drug-likeness (QED) is 0.660. The van der Waals surface area contributed by atoms with Gasteiger partial charge >= 0.3 is 0 Å². The third kappa shape index (κ3) is 5.09. The molecular weight excluding hydrogens is 336 g/mol. The number of methoxy groups -OCH3 is 1. The Balaban J connectivity index is 1.56. The first-order valence-corrected chi connectivity index (χ1v) is 8.29. The van der Waals surface area contributed by atoms with Crippen LogP contribution in [0.4, 0.5) is 11.8 Å². The van der Waals surface area contributed by atoms with Gasteiger partial charge in [0.1, 0.15) is 11.6 Å². The number of nitrogens with one attached hydrogen (secondary N) is 2. The summed E-state index contributed by atoms with van der Waals surface area (Å²) in [4.78, 5) is 8.72. The molecule has 3 rings (SSSR count). The Morgan fingerprint density at radius 3 is 2.20 bits per heavy atom. The Kier molecular flexibility index (Phi) is 5.69. The van der Waals surface area contributed by atoms with Crippen LogP contribution < -0.4 is 15.4 Å². The van der Waals surface area contributed by atoms with E-state index in [-0.39, 0.29) is 0 Å². The van der Waals surface area contributed by atoms with Gasteiger partial charge in [-0.25, -0.2) is 4.98 Å². The molecule has 0 saturated carbocycles. The number of hydrogen-bond donors (Lipinski definition) is 2. The summed E-state index contributed by atoms with van der Waals surface area (Å²) in [6.07, 6.45) is 1.73. The number of rotatable bonds is 7. The van der Waals surface area contributed by atoms with E-state index in [0.717, 1.165) is 27.7 Å². The highest BCUT2D eigenvalue weighted by Crippen LogP contribution is 2.14. The van der Waals surface area contributed by atoms with Crippen molar-refractivity contribution < 1.29 is 4.74 Å². The second-order valence-corrected chi connectivity index (χ2v) is 5.88. The van der Waals surface area contributed by atoms with Crippen molar-refractivity contribution in [3.8, 4) is 5.75 Å². The lowest BCUT2D eigenvalue weighted by molar-refractivity contribution is 0.414. The van der Waals surface area contributed by atoms with E-state index in [4.69, 9.17) is 16.3 Å². The number of benzene rings is 2. The third-order valence-electron chi connectivity index (χ3n) is 3.65. The molecule has 128 valence electrons. The molecule has 1 aromatic heterocycles. The zero-order valence-corrected chi connectivity index (χ0v) is 14.6. The highest BCUT2D eigenvalue weighted by molar-refractivity contribution is 6.30. The zero-order valence-electron chi connectivity index (χ0n) is 13.9. The van der Waals surface area contributed by atoms with Crippen LogP contribution >= 0.6 is 11.6 Å². The van der Waals surface area contributed by atoms with Gasteiger partial charge < -0.3 is 15.4 Å². The molecule has 0 unspecified atom stereocenters. The molecule has 0 fully saturated rings. The summed E-state index contributed by atoms with van der Waals surface area (Å²) in [6.45, 7) is 1.32. The first-order valence-electron chi connectivity index (χ1n) is 7.91. The largest absolute Gasteiger partial charge is 0.497 e. The van der Waals surface area contributed by atoms with Crippen LogP contribution in [-0.2, 0) is 13.1 Å². The molecule has 0 atom stereocenters. The van der Waals surface area contributed by atoms with Crippen LogP contribution in [0.25, 0.3) is 0 Å². The van der Waals surface area contributed by atoms with Crippen LogP contribution in [-0.4, -0.2) is 17.1 Å². The summed E-state index contributed by atoms with van der Waals surface area (Å²) in [6, 6.07) is 17.4. The van der Waals surface area contributed by atoms with Crippen molar-refractivity contribution in [2.24, 2.45) is 0 Å². The fourth-order valence-corrected chi connectivity index (χ4v) is 2.39. The van der Waals surface area contributed by atoms with Gasteiger partial charge in [0.25, 0.3) is 0 Å². The van der Waals surface area contributed by atoms with E-state index in [1.54, 1.807) is 13.3 Å². The minimum atomic E-state index is 0.580. The second kappa shape index (κ2) is 8.35. The molecule has 0 aliphatic heterocycles. The van der Waals surface area contributed by atoms with E-state index >= 15 is 0 Å². The van der Waals surface area contributed by atoms with E-state index in [1.165, 1.54) is 0 Å². The highest BCUT2D eigenvalue weighted by Gasteiger charge is 2.01. The maximum Gasteiger partial charge on any atom is 0.224 e. The first kappa shape index (κ1) is 17.0. The fourth-order valence-electron chi connectivity index (χ4n) is 2.26. The predicted molar refractivity (Wildman–Crippen MR) is 101 cm³/mol. The summed E-state index contributed by atoms with van der Waals surface area (Å²) in [7, 11) is 1.66. The van der Waals surface area contributed by atoms with Crippen molar-refractivity contribution in [3.05, 3.63) is 76.9 Å². The molecule has 0 spiro atoms. The monoisotopic (exact) mass is 354 g/mol. The van der Waals surface area contributed by atoms with Gasteiger partial charge in [0.15, 0.2) is 0 Å². The number of ether oxygens (including phenoxy) is 1. The average Bonchev–Trinajstić information content (AvgIpc) is 2.67. The maximum absolute atomic E-state index is 5.90. The molecule has 0 bridgehead atoms. The number of hydrogen-bond acceptors (Lipinski definition) is 5. The molecular formula is C19H19ClN4O. The van der Waals surface area contributed by atoms with Gasteiger partial charge in [0.2, 0.25) is 5.95 Å². The fraction of sp³-hybridized carbons (Fsp3) is 0.158. The van der Waals surface area contributed by atoms with E-state index in [2.05, 4.69) is 20.6 Å². The zero-order chi connectivity index (χ0) is 17.5. The Morgan fingerprint density at radius 1 is 0.880 bits per heavy atom. The van der Waals surface area contributed by atoms with Crippen molar-refractivity contribution >= 4 is 23.4 Å². The van der Waals surface area contributed by atoms with Gasteiger partial charge in [-0.3, -0.25) is 0 Å². The molecule has 2 N–H and O–H groups in total. The normalized spacial score (nSPS) is 10.3. The third-order valence-corrected chi connectivity index (χ3v) is 3.90. The molecule has 0 amide bonds. The highest BCUT2D eigenvalue weighted by atomic mass is 35.5. The van der Waals surface area contributed by atoms with Gasteiger partial charge in [0, 0.05) is 24.3 Å². The van der Waals surface area contributed by atoms with E-state index < -0.39 is 0 Å². The Labute approximate surface area is 152 Å². The maximum atomic E-state index is 5.90. The van der Waals surface area contributed by atoms with Gasteiger partial charge in [-0.15, -0.1) is 0 Å². The summed E-state index contributed by atoms with van der Waals surface area (Å²) in [5.74, 6) is 2.19.